The van der Waals surface area contributed by atoms with Crippen LogP contribution in [0.2, 0.25) is 0 Å². The lowest BCUT2D eigenvalue weighted by molar-refractivity contribution is 0.0651. The molecule has 0 bridgehead atoms. The van der Waals surface area contributed by atoms with Crippen molar-refractivity contribution in [3.05, 3.63) is 23.7 Å². The minimum Gasteiger partial charge on any atom is -0.446 e. The van der Waals surface area contributed by atoms with Crippen molar-refractivity contribution in [1.29, 1.82) is 0 Å². The molecule has 0 aliphatic heterocycles. The van der Waals surface area contributed by atoms with E-state index in [-0.39, 0.29) is 37.8 Å². The van der Waals surface area contributed by atoms with Crippen LogP contribution in [-0.2, 0) is 0 Å². The van der Waals surface area contributed by atoms with Crippen molar-refractivity contribution in [2.75, 3.05) is 26.3 Å². The summed E-state index contributed by atoms with van der Waals surface area (Å²) < 4.78 is 4.95. The second-order valence-corrected chi connectivity index (χ2v) is 3.27. The maximum atomic E-state index is 11.8. The third-order valence-electron chi connectivity index (χ3n) is 2.09. The highest BCUT2D eigenvalue weighted by Crippen LogP contribution is 2.10. The van der Waals surface area contributed by atoms with Gasteiger partial charge in [0.2, 0.25) is 0 Å². The normalized spacial score (nSPS) is 10.2. The van der Waals surface area contributed by atoms with Crippen molar-refractivity contribution in [1.82, 2.24) is 4.90 Å². The summed E-state index contributed by atoms with van der Waals surface area (Å²) in [5.74, 6) is -1.44. The first kappa shape index (κ1) is 13.2. The van der Waals surface area contributed by atoms with Crippen molar-refractivity contribution >= 4 is 11.8 Å². The lowest BCUT2D eigenvalue weighted by Crippen LogP contribution is -2.35. The Balaban J connectivity index is 2.81. The lowest BCUT2D eigenvalue weighted by Gasteiger charge is -2.18. The highest BCUT2D eigenvalue weighted by Gasteiger charge is 2.19. The summed E-state index contributed by atoms with van der Waals surface area (Å²) in [5, 5.41) is 17.5. The van der Waals surface area contributed by atoms with E-state index in [1.54, 1.807) is 0 Å². The molecule has 4 N–H and O–H groups in total. The number of hydrogen-bond donors (Lipinski definition) is 3. The van der Waals surface area contributed by atoms with E-state index in [2.05, 4.69) is 0 Å². The summed E-state index contributed by atoms with van der Waals surface area (Å²) in [6, 6.07) is 2.62. The Labute approximate surface area is 97.4 Å². The van der Waals surface area contributed by atoms with E-state index in [9.17, 15) is 9.59 Å². The molecular formula is C10H14N2O5. The molecule has 0 aliphatic rings. The van der Waals surface area contributed by atoms with Crippen LogP contribution in [-0.4, -0.2) is 53.2 Å². The maximum Gasteiger partial charge on any atom is 0.289 e. The molecule has 0 atom stereocenters. The molecule has 0 saturated heterocycles. The number of nitrogens with zero attached hydrogens (tertiary/aromatic N) is 1. The number of aliphatic hydroxyl groups excluding tert-OH is 2. The van der Waals surface area contributed by atoms with Gasteiger partial charge in [-0.3, -0.25) is 9.59 Å². The summed E-state index contributed by atoms with van der Waals surface area (Å²) in [6.07, 6.45) is 0. The fraction of sp³-hybridized carbons (Fsp3) is 0.400. The van der Waals surface area contributed by atoms with Gasteiger partial charge in [0.25, 0.3) is 11.8 Å². The highest BCUT2D eigenvalue weighted by molar-refractivity contribution is 5.95. The van der Waals surface area contributed by atoms with Gasteiger partial charge >= 0.3 is 0 Å². The molecule has 1 rings (SSSR count). The maximum absolute atomic E-state index is 11.8. The SMILES string of the molecule is NC(=O)c1ccc(C(=O)N(CCO)CCO)o1. The molecule has 7 heteroatoms. The zero-order valence-electron chi connectivity index (χ0n) is 9.13. The van der Waals surface area contributed by atoms with Crippen LogP contribution in [0, 0.1) is 0 Å². The van der Waals surface area contributed by atoms with E-state index in [1.165, 1.54) is 17.0 Å². The van der Waals surface area contributed by atoms with E-state index in [0.717, 1.165) is 0 Å². The predicted octanol–water partition coefficient (Wildman–Crippen LogP) is -1.19. The molecule has 0 aromatic carbocycles. The van der Waals surface area contributed by atoms with Crippen LogP contribution in [0.3, 0.4) is 0 Å². The number of carbonyl (C=O) groups excluding carboxylic acids is 2. The van der Waals surface area contributed by atoms with Crippen LogP contribution in [0.25, 0.3) is 0 Å². The van der Waals surface area contributed by atoms with Gasteiger partial charge in [-0.15, -0.1) is 0 Å². The van der Waals surface area contributed by atoms with Crippen LogP contribution in [0.4, 0.5) is 0 Å². The summed E-state index contributed by atoms with van der Waals surface area (Å²) in [7, 11) is 0. The second kappa shape index (κ2) is 6.02. The molecule has 0 radical (unpaired) electrons. The largest absolute Gasteiger partial charge is 0.446 e. The minimum atomic E-state index is -0.764. The Bertz CT molecular complexity index is 395. The zero-order valence-corrected chi connectivity index (χ0v) is 9.13. The molecule has 0 spiro atoms. The van der Waals surface area contributed by atoms with Crippen molar-refractivity contribution in [2.24, 2.45) is 5.73 Å². The van der Waals surface area contributed by atoms with Gasteiger partial charge in [0.15, 0.2) is 11.5 Å². The van der Waals surface area contributed by atoms with Gasteiger partial charge in [-0.05, 0) is 12.1 Å². The number of furan rings is 1. The molecular weight excluding hydrogens is 228 g/mol. The molecule has 0 unspecified atom stereocenters. The van der Waals surface area contributed by atoms with Crippen LogP contribution in [0.15, 0.2) is 16.5 Å². The van der Waals surface area contributed by atoms with Crippen LogP contribution >= 0.6 is 0 Å². The molecule has 0 aliphatic carbocycles. The average molecular weight is 242 g/mol. The van der Waals surface area contributed by atoms with E-state index in [1.807, 2.05) is 0 Å². The Morgan fingerprint density at radius 3 is 2.12 bits per heavy atom. The van der Waals surface area contributed by atoms with Gasteiger partial charge in [0.1, 0.15) is 0 Å². The summed E-state index contributed by atoms with van der Waals surface area (Å²) >= 11 is 0. The lowest BCUT2D eigenvalue weighted by atomic mass is 10.3. The third kappa shape index (κ3) is 3.30. The smallest absolute Gasteiger partial charge is 0.289 e. The standard InChI is InChI=1S/C10H14N2O5/c11-9(15)7-1-2-8(17-7)10(16)12(3-5-13)4-6-14/h1-2,13-14H,3-6H2,(H2,11,15). The fourth-order valence-electron chi connectivity index (χ4n) is 1.30. The first-order chi connectivity index (χ1) is 8.10. The van der Waals surface area contributed by atoms with Crippen LogP contribution < -0.4 is 5.73 Å². The van der Waals surface area contributed by atoms with Gasteiger partial charge in [0.05, 0.1) is 13.2 Å². The van der Waals surface area contributed by atoms with E-state index in [4.69, 9.17) is 20.4 Å². The average Bonchev–Trinajstić information content (AvgIpc) is 2.77. The van der Waals surface area contributed by atoms with Crippen LogP contribution in [0.5, 0.6) is 0 Å². The highest BCUT2D eigenvalue weighted by atomic mass is 16.4. The van der Waals surface area contributed by atoms with E-state index < -0.39 is 11.8 Å². The summed E-state index contributed by atoms with van der Waals surface area (Å²) in [5.41, 5.74) is 4.98. The number of rotatable bonds is 6. The Morgan fingerprint density at radius 1 is 1.18 bits per heavy atom. The molecule has 2 amide bonds. The Morgan fingerprint density at radius 2 is 1.71 bits per heavy atom. The molecule has 0 saturated carbocycles. The van der Waals surface area contributed by atoms with Crippen molar-refractivity contribution in [2.45, 2.75) is 0 Å². The number of nitrogens with two attached hydrogens (primary N) is 1. The molecule has 1 aromatic rings. The Hall–Kier alpha value is -1.86. The predicted molar refractivity (Wildman–Crippen MR) is 57.3 cm³/mol. The fourth-order valence-corrected chi connectivity index (χ4v) is 1.30. The van der Waals surface area contributed by atoms with Gasteiger partial charge in [-0.1, -0.05) is 0 Å². The molecule has 17 heavy (non-hydrogen) atoms. The Kier molecular flexibility index (Phi) is 4.68. The monoisotopic (exact) mass is 242 g/mol. The number of hydrogen-bond acceptors (Lipinski definition) is 5. The number of aliphatic hydroxyl groups is 2. The van der Waals surface area contributed by atoms with E-state index in [0.29, 0.717) is 0 Å². The van der Waals surface area contributed by atoms with Gasteiger partial charge in [-0.2, -0.15) is 0 Å². The molecule has 1 aromatic heterocycles. The molecule has 94 valence electrons. The molecule has 1 heterocycles. The second-order valence-electron chi connectivity index (χ2n) is 3.27. The third-order valence-corrected chi connectivity index (χ3v) is 2.09. The number of carbonyl (C=O) groups is 2. The molecule has 7 nitrogen and oxygen atoms in total. The van der Waals surface area contributed by atoms with Gasteiger partial charge < -0.3 is 25.3 Å². The minimum absolute atomic E-state index is 0.0549. The van der Waals surface area contributed by atoms with E-state index >= 15 is 0 Å². The van der Waals surface area contributed by atoms with Crippen molar-refractivity contribution < 1.29 is 24.2 Å². The van der Waals surface area contributed by atoms with Crippen molar-refractivity contribution in [3.8, 4) is 0 Å². The topological polar surface area (TPSA) is 117 Å². The van der Waals surface area contributed by atoms with Crippen LogP contribution in [0.1, 0.15) is 21.1 Å². The molecule has 0 fully saturated rings. The number of amides is 2. The van der Waals surface area contributed by atoms with Crippen molar-refractivity contribution in [3.63, 3.8) is 0 Å². The first-order valence-corrected chi connectivity index (χ1v) is 5.00. The zero-order chi connectivity index (χ0) is 12.8. The number of primary amides is 1. The first-order valence-electron chi connectivity index (χ1n) is 5.00. The van der Waals surface area contributed by atoms with Gasteiger partial charge in [0, 0.05) is 13.1 Å². The summed E-state index contributed by atoms with van der Waals surface area (Å²) in [6.45, 7) is -0.303. The quantitative estimate of drug-likeness (QED) is 0.579. The summed E-state index contributed by atoms with van der Waals surface area (Å²) in [4.78, 5) is 23.8. The van der Waals surface area contributed by atoms with Gasteiger partial charge in [-0.25, -0.2) is 0 Å².